The van der Waals surface area contributed by atoms with Gasteiger partial charge in [-0.15, -0.1) is 0 Å². The molecule has 0 aliphatic heterocycles. The van der Waals surface area contributed by atoms with Crippen LogP contribution in [0.1, 0.15) is 25.0 Å². The normalized spacial score (nSPS) is 13.6. The Kier molecular flexibility index (Phi) is 8.85. The highest BCUT2D eigenvalue weighted by molar-refractivity contribution is 5.72. The van der Waals surface area contributed by atoms with Crippen LogP contribution < -0.4 is 9.47 Å². The zero-order valence-corrected chi connectivity index (χ0v) is 17.4. The number of carbonyl (C=O) groups is 1. The lowest BCUT2D eigenvalue weighted by Crippen LogP contribution is -2.29. The molecule has 0 aliphatic rings. The number of rotatable bonds is 11. The lowest BCUT2D eigenvalue weighted by Gasteiger charge is -2.18. The van der Waals surface area contributed by atoms with Crippen LogP contribution in [0.5, 0.6) is 11.5 Å². The van der Waals surface area contributed by atoms with E-state index in [2.05, 4.69) is 0 Å². The first-order valence-electron chi connectivity index (χ1n) is 9.73. The van der Waals surface area contributed by atoms with E-state index < -0.39 is 48.1 Å². The highest BCUT2D eigenvalue weighted by Crippen LogP contribution is 2.36. The maximum absolute atomic E-state index is 13.3. The number of hydrogen-bond acceptors (Lipinski definition) is 5. The van der Waals surface area contributed by atoms with Gasteiger partial charge < -0.3 is 24.4 Å². The van der Waals surface area contributed by atoms with E-state index in [4.69, 9.17) is 14.2 Å². The monoisotopic (exact) mass is 460 g/mol. The minimum Gasteiger partial charge on any atom is -0.491 e. The van der Waals surface area contributed by atoms with Crippen molar-refractivity contribution in [2.75, 3.05) is 13.2 Å². The van der Waals surface area contributed by atoms with Crippen LogP contribution >= 0.6 is 0 Å². The number of benzene rings is 2. The van der Waals surface area contributed by atoms with Crippen molar-refractivity contribution in [3.05, 3.63) is 59.4 Å². The largest absolute Gasteiger partial charge is 0.491 e. The highest BCUT2D eigenvalue weighted by Gasteiger charge is 2.34. The second kappa shape index (κ2) is 11.1. The molecule has 0 amide bonds. The summed E-state index contributed by atoms with van der Waals surface area (Å²) in [5.74, 6) is -2.43. The number of carboxylic acids is 1. The molecule has 0 heterocycles. The summed E-state index contributed by atoms with van der Waals surface area (Å²) in [7, 11) is 0. The van der Waals surface area contributed by atoms with Crippen molar-refractivity contribution in [3.8, 4) is 11.5 Å². The molecule has 2 unspecified atom stereocenters. The molecule has 6 nitrogen and oxygen atoms in total. The van der Waals surface area contributed by atoms with Gasteiger partial charge in [0.2, 0.25) is 0 Å². The van der Waals surface area contributed by atoms with Crippen molar-refractivity contribution < 1.29 is 46.8 Å². The summed E-state index contributed by atoms with van der Waals surface area (Å²) in [5.41, 5.74) is -0.535. The Balaban J connectivity index is 1.94. The van der Waals surface area contributed by atoms with Crippen LogP contribution in [0, 0.1) is 5.82 Å². The summed E-state index contributed by atoms with van der Waals surface area (Å²) in [6, 6.07) is 8.29. The number of hydrogen-bond donors (Lipinski definition) is 2. The molecule has 0 saturated heterocycles. The van der Waals surface area contributed by atoms with Crippen LogP contribution in [0.3, 0.4) is 0 Å². The van der Waals surface area contributed by atoms with Crippen LogP contribution in [0.4, 0.5) is 17.6 Å². The predicted octanol–water partition coefficient (Wildman–Crippen LogP) is 4.08. The summed E-state index contributed by atoms with van der Waals surface area (Å²) in [4.78, 5) is 11.3. The third-order valence-electron chi connectivity index (χ3n) is 4.15. The van der Waals surface area contributed by atoms with Crippen molar-refractivity contribution >= 4 is 5.97 Å². The number of aliphatic hydroxyl groups is 1. The molecule has 0 aliphatic carbocycles. The Morgan fingerprint density at radius 3 is 2.38 bits per heavy atom. The maximum Gasteiger partial charge on any atom is 0.419 e. The van der Waals surface area contributed by atoms with Gasteiger partial charge in [-0.25, -0.2) is 9.18 Å². The maximum atomic E-state index is 13.3. The fraction of sp³-hybridized carbons (Fsp3) is 0.409. The van der Waals surface area contributed by atoms with Gasteiger partial charge in [-0.2, -0.15) is 13.2 Å². The molecule has 32 heavy (non-hydrogen) atoms. The van der Waals surface area contributed by atoms with Gasteiger partial charge in [-0.05, 0) is 43.7 Å². The summed E-state index contributed by atoms with van der Waals surface area (Å²) in [6.45, 7) is 2.57. The van der Waals surface area contributed by atoms with E-state index in [0.29, 0.717) is 29.5 Å². The number of alkyl halides is 3. The van der Waals surface area contributed by atoms with Crippen molar-refractivity contribution in [1.82, 2.24) is 0 Å². The number of halogens is 4. The molecule has 0 aromatic heterocycles. The third-order valence-corrected chi connectivity index (χ3v) is 4.15. The first-order valence-corrected chi connectivity index (χ1v) is 9.73. The quantitative estimate of drug-likeness (QED) is 0.492. The molecule has 10 heteroatoms. The first kappa shape index (κ1) is 25.4. The topological polar surface area (TPSA) is 85.2 Å². The Labute approximate surface area is 182 Å². The average Bonchev–Trinajstić information content (AvgIpc) is 2.69. The Hall–Kier alpha value is -2.85. The smallest absolute Gasteiger partial charge is 0.419 e. The van der Waals surface area contributed by atoms with Gasteiger partial charge in [0.15, 0.2) is 6.10 Å². The standard InChI is InChI=1S/C22H24F4O6/c1-13(2)32-20(21(28)29)9-14-4-3-5-17(8-14)30-11-16(27)12-31-19-10-15(23)6-7-18(19)22(24,25)26/h3-8,10,13,16,20,27H,9,11-12H2,1-2H3,(H,28,29). The van der Waals surface area contributed by atoms with E-state index >= 15 is 0 Å². The molecule has 2 aromatic rings. The Morgan fingerprint density at radius 2 is 1.75 bits per heavy atom. The minimum absolute atomic E-state index is 0.0934. The first-order chi connectivity index (χ1) is 15.0. The molecular weight excluding hydrogens is 436 g/mol. The van der Waals surface area contributed by atoms with E-state index in [1.54, 1.807) is 38.1 Å². The molecule has 176 valence electrons. The lowest BCUT2D eigenvalue weighted by atomic mass is 10.1. The molecule has 0 fully saturated rings. The summed E-state index contributed by atoms with van der Waals surface area (Å²) < 4.78 is 68.0. The number of ether oxygens (including phenoxy) is 3. The predicted molar refractivity (Wildman–Crippen MR) is 106 cm³/mol. The Bertz CT molecular complexity index is 900. The van der Waals surface area contributed by atoms with Gasteiger partial charge in [0, 0.05) is 12.5 Å². The van der Waals surface area contributed by atoms with E-state index in [0.717, 1.165) is 0 Å². The van der Waals surface area contributed by atoms with Gasteiger partial charge in [0.05, 0.1) is 11.7 Å². The van der Waals surface area contributed by atoms with E-state index in [1.165, 1.54) is 0 Å². The van der Waals surface area contributed by atoms with E-state index in [9.17, 15) is 32.6 Å². The summed E-state index contributed by atoms with van der Waals surface area (Å²) in [5, 5.41) is 19.3. The average molecular weight is 460 g/mol. The minimum atomic E-state index is -4.74. The zero-order valence-electron chi connectivity index (χ0n) is 17.4. The molecule has 0 spiro atoms. The third kappa shape index (κ3) is 8.01. The number of aliphatic hydroxyl groups excluding tert-OH is 1. The van der Waals surface area contributed by atoms with Crippen molar-refractivity contribution in [1.29, 1.82) is 0 Å². The highest BCUT2D eigenvalue weighted by atomic mass is 19.4. The Morgan fingerprint density at radius 1 is 1.06 bits per heavy atom. The fourth-order valence-electron chi connectivity index (χ4n) is 2.77. The molecule has 0 radical (unpaired) electrons. The van der Waals surface area contributed by atoms with Crippen LogP contribution in [0.25, 0.3) is 0 Å². The van der Waals surface area contributed by atoms with Gasteiger partial charge >= 0.3 is 12.1 Å². The van der Waals surface area contributed by atoms with Crippen LogP contribution in [0.2, 0.25) is 0 Å². The lowest BCUT2D eigenvalue weighted by molar-refractivity contribution is -0.153. The second-order valence-corrected chi connectivity index (χ2v) is 7.28. The van der Waals surface area contributed by atoms with E-state index in [-0.39, 0.29) is 19.1 Å². The molecule has 2 N–H and O–H groups in total. The molecule has 2 atom stereocenters. The van der Waals surface area contributed by atoms with Crippen LogP contribution in [-0.2, 0) is 22.1 Å². The van der Waals surface area contributed by atoms with Gasteiger partial charge in [0.1, 0.15) is 36.6 Å². The number of aliphatic carboxylic acids is 1. The molecule has 0 saturated carbocycles. The summed E-state index contributed by atoms with van der Waals surface area (Å²) in [6.07, 6.45) is -7.27. The molecule has 2 aromatic carbocycles. The van der Waals surface area contributed by atoms with Crippen LogP contribution in [0.15, 0.2) is 42.5 Å². The van der Waals surface area contributed by atoms with Crippen LogP contribution in [-0.4, -0.2) is 47.7 Å². The summed E-state index contributed by atoms with van der Waals surface area (Å²) >= 11 is 0. The van der Waals surface area contributed by atoms with Crippen molar-refractivity contribution in [2.45, 2.75) is 44.8 Å². The van der Waals surface area contributed by atoms with Gasteiger partial charge in [-0.3, -0.25) is 0 Å². The van der Waals surface area contributed by atoms with E-state index in [1.807, 2.05) is 0 Å². The number of carboxylic acid groups (broad SMARTS) is 1. The zero-order chi connectivity index (χ0) is 23.9. The molecular formula is C22H24F4O6. The van der Waals surface area contributed by atoms with Gasteiger partial charge in [-0.1, -0.05) is 12.1 Å². The van der Waals surface area contributed by atoms with Crippen molar-refractivity contribution in [2.24, 2.45) is 0 Å². The SMILES string of the molecule is CC(C)OC(Cc1cccc(OCC(O)COc2cc(F)ccc2C(F)(F)F)c1)C(=O)O. The van der Waals surface area contributed by atoms with Crippen molar-refractivity contribution in [3.63, 3.8) is 0 Å². The van der Waals surface area contributed by atoms with Gasteiger partial charge in [0.25, 0.3) is 0 Å². The fourth-order valence-corrected chi connectivity index (χ4v) is 2.77. The molecule has 2 rings (SSSR count). The molecule has 0 bridgehead atoms. The second-order valence-electron chi connectivity index (χ2n) is 7.28.